The van der Waals surface area contributed by atoms with E-state index in [9.17, 15) is 14.7 Å². The van der Waals surface area contributed by atoms with Gasteiger partial charge in [0.2, 0.25) is 5.88 Å². The quantitative estimate of drug-likeness (QED) is 0.847. The molecule has 0 aliphatic carbocycles. The Kier molecular flexibility index (Phi) is 5.51. The number of aliphatic carboxylic acids is 1. The third-order valence-electron chi connectivity index (χ3n) is 3.02. The molecule has 7 heteroatoms. The van der Waals surface area contributed by atoms with Gasteiger partial charge in [-0.15, -0.1) is 0 Å². The van der Waals surface area contributed by atoms with Gasteiger partial charge >= 0.3 is 12.1 Å². The topological polar surface area (TPSA) is 97.8 Å². The lowest BCUT2D eigenvalue weighted by molar-refractivity contribution is -0.139. The number of carbonyl (C=O) groups excluding carboxylic acids is 1. The molecule has 1 aromatic heterocycles. The molecule has 2 N–H and O–H groups in total. The molecule has 0 aliphatic heterocycles. The smallest absolute Gasteiger partial charge is 0.408 e. The predicted molar refractivity (Wildman–Crippen MR) is 80.9 cm³/mol. The van der Waals surface area contributed by atoms with E-state index in [2.05, 4.69) is 10.3 Å². The Morgan fingerprint density at radius 2 is 1.96 bits per heavy atom. The molecule has 1 atom stereocenters. The summed E-state index contributed by atoms with van der Waals surface area (Å²) in [5.74, 6) is -0.863. The van der Waals surface area contributed by atoms with Crippen molar-refractivity contribution < 1.29 is 24.2 Å². The lowest BCUT2D eigenvalue weighted by atomic mass is 10.1. The SMILES string of the molecule is COc1ccc(C(NC(=O)OCc2ccccc2)C(=O)O)cn1. The summed E-state index contributed by atoms with van der Waals surface area (Å²) < 4.78 is 9.92. The number of carboxylic acids is 1. The molecular formula is C16H16N2O5. The average Bonchev–Trinajstić information content (AvgIpc) is 2.58. The number of pyridine rings is 1. The number of carbonyl (C=O) groups is 2. The van der Waals surface area contributed by atoms with E-state index < -0.39 is 18.1 Å². The van der Waals surface area contributed by atoms with Crippen LogP contribution in [-0.4, -0.2) is 29.3 Å². The zero-order chi connectivity index (χ0) is 16.7. The summed E-state index contributed by atoms with van der Waals surface area (Å²) in [5, 5.41) is 11.6. The van der Waals surface area contributed by atoms with Gasteiger partial charge in [-0.2, -0.15) is 0 Å². The largest absolute Gasteiger partial charge is 0.481 e. The highest BCUT2D eigenvalue weighted by molar-refractivity contribution is 5.81. The first-order chi connectivity index (χ1) is 11.1. The van der Waals surface area contributed by atoms with Crippen molar-refractivity contribution in [1.29, 1.82) is 0 Å². The van der Waals surface area contributed by atoms with Crippen LogP contribution in [0.5, 0.6) is 5.88 Å². The van der Waals surface area contributed by atoms with Crippen molar-refractivity contribution in [3.8, 4) is 5.88 Å². The Bertz CT molecular complexity index is 658. The summed E-state index contributed by atoms with van der Waals surface area (Å²) in [4.78, 5) is 27.0. The number of nitrogens with one attached hydrogen (secondary N) is 1. The molecule has 1 aromatic carbocycles. The van der Waals surface area contributed by atoms with Crippen LogP contribution >= 0.6 is 0 Å². The third kappa shape index (κ3) is 4.70. The standard InChI is InChI=1S/C16H16N2O5/c1-22-13-8-7-12(9-17-13)14(15(19)20)18-16(21)23-10-11-5-3-2-4-6-11/h2-9,14H,10H2,1H3,(H,18,21)(H,19,20). The zero-order valence-electron chi connectivity index (χ0n) is 12.4. The molecule has 120 valence electrons. The number of benzene rings is 1. The minimum atomic E-state index is -1.25. The summed E-state index contributed by atoms with van der Waals surface area (Å²) in [5.41, 5.74) is 1.12. The van der Waals surface area contributed by atoms with Gasteiger partial charge in [-0.3, -0.25) is 0 Å². The van der Waals surface area contributed by atoms with Crippen molar-refractivity contribution in [1.82, 2.24) is 10.3 Å². The van der Waals surface area contributed by atoms with Crippen LogP contribution in [0, 0.1) is 0 Å². The summed E-state index contributed by atoms with van der Waals surface area (Å²) in [6.07, 6.45) is 0.506. The van der Waals surface area contributed by atoms with Gasteiger partial charge < -0.3 is 19.9 Å². The van der Waals surface area contributed by atoms with Crippen LogP contribution in [0.4, 0.5) is 4.79 Å². The molecule has 0 saturated carbocycles. The molecule has 23 heavy (non-hydrogen) atoms. The number of hydrogen-bond acceptors (Lipinski definition) is 5. The number of methoxy groups -OCH3 is 1. The maximum atomic E-state index is 11.8. The Labute approximate surface area is 132 Å². The van der Waals surface area contributed by atoms with E-state index >= 15 is 0 Å². The predicted octanol–water partition coefficient (Wildman–Crippen LogP) is 2.14. The summed E-state index contributed by atoms with van der Waals surface area (Å²) in [7, 11) is 1.45. The van der Waals surface area contributed by atoms with Gasteiger partial charge in [0.25, 0.3) is 0 Å². The second-order valence-corrected chi connectivity index (χ2v) is 4.61. The van der Waals surface area contributed by atoms with Crippen LogP contribution in [-0.2, 0) is 16.1 Å². The number of carboxylic acid groups (broad SMARTS) is 1. The first-order valence-corrected chi connectivity index (χ1v) is 6.80. The second kappa shape index (κ2) is 7.79. The van der Waals surface area contributed by atoms with Gasteiger partial charge in [-0.25, -0.2) is 14.6 Å². The molecule has 1 unspecified atom stereocenters. The van der Waals surface area contributed by atoms with Crippen molar-refractivity contribution in [2.75, 3.05) is 7.11 Å². The van der Waals surface area contributed by atoms with Crippen molar-refractivity contribution in [3.63, 3.8) is 0 Å². The van der Waals surface area contributed by atoms with E-state index in [0.717, 1.165) is 5.56 Å². The van der Waals surface area contributed by atoms with Gasteiger partial charge in [0.1, 0.15) is 6.61 Å². The molecule has 0 aliphatic rings. The number of amides is 1. The van der Waals surface area contributed by atoms with E-state index in [0.29, 0.717) is 11.4 Å². The van der Waals surface area contributed by atoms with Gasteiger partial charge in [-0.05, 0) is 11.6 Å². The molecule has 7 nitrogen and oxygen atoms in total. The minimum absolute atomic E-state index is 0.0554. The number of nitrogens with zero attached hydrogens (tertiary/aromatic N) is 1. The lowest BCUT2D eigenvalue weighted by Gasteiger charge is -2.15. The van der Waals surface area contributed by atoms with Crippen LogP contribution in [0.2, 0.25) is 0 Å². The fourth-order valence-corrected chi connectivity index (χ4v) is 1.85. The van der Waals surface area contributed by atoms with Gasteiger partial charge in [0.15, 0.2) is 6.04 Å². The molecule has 0 fully saturated rings. The number of ether oxygens (including phenoxy) is 2. The van der Waals surface area contributed by atoms with Crippen molar-refractivity contribution >= 4 is 12.1 Å². The van der Waals surface area contributed by atoms with E-state index in [1.165, 1.54) is 25.4 Å². The molecule has 0 saturated heterocycles. The lowest BCUT2D eigenvalue weighted by Crippen LogP contribution is -2.34. The van der Waals surface area contributed by atoms with E-state index in [1.54, 1.807) is 12.1 Å². The monoisotopic (exact) mass is 316 g/mol. The molecular weight excluding hydrogens is 300 g/mol. The number of rotatable bonds is 6. The van der Waals surface area contributed by atoms with Gasteiger partial charge in [0, 0.05) is 17.8 Å². The fraction of sp³-hybridized carbons (Fsp3) is 0.188. The van der Waals surface area contributed by atoms with Crippen LogP contribution < -0.4 is 10.1 Å². The Morgan fingerprint density at radius 3 is 2.52 bits per heavy atom. The maximum Gasteiger partial charge on any atom is 0.408 e. The van der Waals surface area contributed by atoms with Crippen LogP contribution in [0.3, 0.4) is 0 Å². The molecule has 0 bridgehead atoms. The van der Waals surface area contributed by atoms with E-state index in [4.69, 9.17) is 9.47 Å². The number of hydrogen-bond donors (Lipinski definition) is 2. The summed E-state index contributed by atoms with van der Waals surface area (Å²) in [6.45, 7) is 0.0554. The first kappa shape index (κ1) is 16.3. The van der Waals surface area contributed by atoms with Crippen LogP contribution in [0.1, 0.15) is 17.2 Å². The third-order valence-corrected chi connectivity index (χ3v) is 3.02. The molecule has 0 radical (unpaired) electrons. The van der Waals surface area contributed by atoms with Gasteiger partial charge in [-0.1, -0.05) is 30.3 Å². The highest BCUT2D eigenvalue weighted by Crippen LogP contribution is 2.15. The number of aromatic nitrogens is 1. The average molecular weight is 316 g/mol. The zero-order valence-corrected chi connectivity index (χ0v) is 12.4. The minimum Gasteiger partial charge on any atom is -0.481 e. The second-order valence-electron chi connectivity index (χ2n) is 4.61. The molecule has 0 spiro atoms. The molecule has 1 heterocycles. The number of alkyl carbamates (subject to hydrolysis) is 1. The van der Waals surface area contributed by atoms with Crippen molar-refractivity contribution in [3.05, 3.63) is 59.8 Å². The Balaban J connectivity index is 1.98. The fourth-order valence-electron chi connectivity index (χ4n) is 1.85. The summed E-state index contributed by atoms with van der Waals surface area (Å²) >= 11 is 0. The normalized spacial score (nSPS) is 11.3. The molecule has 2 aromatic rings. The van der Waals surface area contributed by atoms with Crippen molar-refractivity contribution in [2.24, 2.45) is 0 Å². The first-order valence-electron chi connectivity index (χ1n) is 6.80. The van der Waals surface area contributed by atoms with Crippen LogP contribution in [0.25, 0.3) is 0 Å². The van der Waals surface area contributed by atoms with Gasteiger partial charge in [0.05, 0.1) is 7.11 Å². The highest BCUT2D eigenvalue weighted by Gasteiger charge is 2.23. The summed E-state index contributed by atoms with van der Waals surface area (Å²) in [6, 6.07) is 10.9. The Morgan fingerprint density at radius 1 is 1.22 bits per heavy atom. The van der Waals surface area contributed by atoms with E-state index in [1.807, 2.05) is 18.2 Å². The highest BCUT2D eigenvalue weighted by atomic mass is 16.5. The Hall–Kier alpha value is -3.09. The van der Waals surface area contributed by atoms with Crippen molar-refractivity contribution in [2.45, 2.75) is 12.6 Å². The maximum absolute atomic E-state index is 11.8. The van der Waals surface area contributed by atoms with Crippen LogP contribution in [0.15, 0.2) is 48.7 Å². The molecule has 1 amide bonds. The molecule has 2 rings (SSSR count). The van der Waals surface area contributed by atoms with E-state index in [-0.39, 0.29) is 6.61 Å².